The third-order valence-electron chi connectivity index (χ3n) is 3.74. The lowest BCUT2D eigenvalue weighted by molar-refractivity contribution is 0.0661. The van der Waals surface area contributed by atoms with Crippen molar-refractivity contribution in [2.75, 3.05) is 19.6 Å². The van der Waals surface area contributed by atoms with Gasteiger partial charge in [0.15, 0.2) is 0 Å². The first-order valence-electron chi connectivity index (χ1n) is 7.20. The predicted octanol–water partition coefficient (Wildman–Crippen LogP) is 2.59. The number of halogens is 1. The van der Waals surface area contributed by atoms with Gasteiger partial charge in [-0.3, -0.25) is 9.78 Å². The average molecular weight is 296 g/mol. The summed E-state index contributed by atoms with van der Waals surface area (Å²) >= 11 is 6.09. The molecule has 1 aromatic heterocycles. The minimum Gasteiger partial charge on any atom is -0.336 e. The van der Waals surface area contributed by atoms with Gasteiger partial charge in [0.2, 0.25) is 0 Å². The van der Waals surface area contributed by atoms with Crippen LogP contribution in [-0.2, 0) is 0 Å². The second-order valence-electron chi connectivity index (χ2n) is 5.62. The number of nitrogens with zero attached hydrogens (tertiary/aromatic N) is 2. The number of carbonyl (C=O) groups excluding carboxylic acids is 1. The highest BCUT2D eigenvalue weighted by Crippen LogP contribution is 2.20. The Kier molecular flexibility index (Phi) is 5.38. The van der Waals surface area contributed by atoms with E-state index in [1.165, 1.54) is 19.0 Å². The van der Waals surface area contributed by atoms with E-state index in [0.717, 1.165) is 19.6 Å². The summed E-state index contributed by atoms with van der Waals surface area (Å²) in [4.78, 5) is 18.5. The van der Waals surface area contributed by atoms with Crippen molar-refractivity contribution in [2.45, 2.75) is 32.7 Å². The molecule has 0 spiro atoms. The zero-order valence-electron chi connectivity index (χ0n) is 12.1. The Balaban J connectivity index is 2.11. The highest BCUT2D eigenvalue weighted by molar-refractivity contribution is 6.33. The molecule has 1 amide bonds. The lowest BCUT2D eigenvalue weighted by Crippen LogP contribution is -2.44. The molecule has 20 heavy (non-hydrogen) atoms. The van der Waals surface area contributed by atoms with Crippen molar-refractivity contribution >= 4 is 17.5 Å². The number of pyridine rings is 1. The lowest BCUT2D eigenvalue weighted by Gasteiger charge is -2.33. The average Bonchev–Trinajstić information content (AvgIpc) is 2.45. The second-order valence-corrected chi connectivity index (χ2v) is 6.03. The molecule has 110 valence electrons. The molecule has 1 aliphatic heterocycles. The van der Waals surface area contributed by atoms with Crippen LogP contribution in [0.3, 0.4) is 0 Å². The molecule has 2 heterocycles. The van der Waals surface area contributed by atoms with Gasteiger partial charge in [-0.25, -0.2) is 0 Å². The summed E-state index contributed by atoms with van der Waals surface area (Å²) in [6, 6.07) is 1.85. The molecule has 1 saturated heterocycles. The van der Waals surface area contributed by atoms with Crippen LogP contribution < -0.4 is 5.32 Å². The van der Waals surface area contributed by atoms with E-state index in [2.05, 4.69) is 10.3 Å². The quantitative estimate of drug-likeness (QED) is 0.928. The molecule has 1 N–H and O–H groups in total. The van der Waals surface area contributed by atoms with Gasteiger partial charge in [0, 0.05) is 25.0 Å². The standard InChI is InChI=1S/C15H22ClN3O/c1-11(2)19(10-12-4-3-6-17-8-12)15(20)13-5-7-18-9-14(13)16/h5,7,9,11-12,17H,3-4,6,8,10H2,1-2H3. The van der Waals surface area contributed by atoms with Crippen molar-refractivity contribution in [3.8, 4) is 0 Å². The summed E-state index contributed by atoms with van der Waals surface area (Å²) in [6.07, 6.45) is 5.49. The van der Waals surface area contributed by atoms with Gasteiger partial charge >= 0.3 is 0 Å². The number of carbonyl (C=O) groups is 1. The predicted molar refractivity (Wildman–Crippen MR) is 81.0 cm³/mol. The fraction of sp³-hybridized carbons (Fsp3) is 0.600. The van der Waals surface area contributed by atoms with Gasteiger partial charge in [0.05, 0.1) is 10.6 Å². The molecule has 0 bridgehead atoms. The van der Waals surface area contributed by atoms with Crippen molar-refractivity contribution in [3.63, 3.8) is 0 Å². The molecular formula is C15H22ClN3O. The second kappa shape index (κ2) is 7.04. The fourth-order valence-corrected chi connectivity index (χ4v) is 2.79. The van der Waals surface area contributed by atoms with E-state index in [1.807, 2.05) is 18.7 Å². The molecule has 4 nitrogen and oxygen atoms in total. The maximum atomic E-state index is 12.7. The minimum absolute atomic E-state index is 0.00188. The number of nitrogens with one attached hydrogen (secondary N) is 1. The first-order valence-corrected chi connectivity index (χ1v) is 7.58. The number of aromatic nitrogens is 1. The Morgan fingerprint density at radius 2 is 2.40 bits per heavy atom. The molecule has 1 aliphatic rings. The summed E-state index contributed by atoms with van der Waals surface area (Å²) in [7, 11) is 0. The van der Waals surface area contributed by atoms with Crippen LogP contribution in [0.1, 0.15) is 37.0 Å². The van der Waals surface area contributed by atoms with Gasteiger partial charge in [0.25, 0.3) is 5.91 Å². The number of piperidine rings is 1. The Morgan fingerprint density at radius 3 is 3.00 bits per heavy atom. The van der Waals surface area contributed by atoms with E-state index >= 15 is 0 Å². The van der Waals surface area contributed by atoms with E-state index in [1.54, 1.807) is 12.3 Å². The largest absolute Gasteiger partial charge is 0.336 e. The zero-order valence-corrected chi connectivity index (χ0v) is 12.9. The zero-order chi connectivity index (χ0) is 14.5. The van der Waals surface area contributed by atoms with Gasteiger partial charge in [-0.15, -0.1) is 0 Å². The molecular weight excluding hydrogens is 274 g/mol. The molecule has 0 aliphatic carbocycles. The van der Waals surface area contributed by atoms with Crippen LogP contribution in [0.15, 0.2) is 18.5 Å². The maximum absolute atomic E-state index is 12.7. The summed E-state index contributed by atoms with van der Waals surface area (Å²) in [5.41, 5.74) is 0.541. The fourth-order valence-electron chi connectivity index (χ4n) is 2.59. The van der Waals surface area contributed by atoms with Gasteiger partial charge in [-0.2, -0.15) is 0 Å². The Bertz CT molecular complexity index is 458. The molecule has 5 heteroatoms. The molecule has 2 rings (SSSR count). The van der Waals surface area contributed by atoms with E-state index in [9.17, 15) is 4.79 Å². The molecule has 1 atom stereocenters. The van der Waals surface area contributed by atoms with E-state index < -0.39 is 0 Å². The summed E-state index contributed by atoms with van der Waals surface area (Å²) < 4.78 is 0. The Morgan fingerprint density at radius 1 is 1.60 bits per heavy atom. The molecule has 1 unspecified atom stereocenters. The molecule has 0 saturated carbocycles. The number of rotatable bonds is 4. The smallest absolute Gasteiger partial charge is 0.255 e. The summed E-state index contributed by atoms with van der Waals surface area (Å²) in [5.74, 6) is 0.522. The third-order valence-corrected chi connectivity index (χ3v) is 4.04. The molecule has 1 fully saturated rings. The minimum atomic E-state index is -0.00188. The normalized spacial score (nSPS) is 19.1. The molecule has 1 aromatic rings. The highest BCUT2D eigenvalue weighted by atomic mass is 35.5. The lowest BCUT2D eigenvalue weighted by atomic mass is 9.98. The third kappa shape index (κ3) is 3.70. The van der Waals surface area contributed by atoms with Crippen LogP contribution in [0.5, 0.6) is 0 Å². The van der Waals surface area contributed by atoms with Crippen LogP contribution >= 0.6 is 11.6 Å². The Hall–Kier alpha value is -1.13. The summed E-state index contributed by atoms with van der Waals surface area (Å²) in [5, 5.41) is 3.82. The van der Waals surface area contributed by atoms with Crippen molar-refractivity contribution in [1.29, 1.82) is 0 Å². The topological polar surface area (TPSA) is 45.2 Å². The van der Waals surface area contributed by atoms with E-state index in [0.29, 0.717) is 16.5 Å². The van der Waals surface area contributed by atoms with Crippen molar-refractivity contribution in [3.05, 3.63) is 29.0 Å². The SMILES string of the molecule is CC(C)N(CC1CCCNC1)C(=O)c1ccncc1Cl. The van der Waals surface area contributed by atoms with Crippen LogP contribution in [-0.4, -0.2) is 41.5 Å². The first kappa shape index (κ1) is 15.3. The number of amides is 1. The van der Waals surface area contributed by atoms with Gasteiger partial charge in [-0.05, 0) is 51.8 Å². The summed E-state index contributed by atoms with van der Waals surface area (Å²) in [6.45, 7) is 6.94. The van der Waals surface area contributed by atoms with Crippen molar-refractivity contribution in [1.82, 2.24) is 15.2 Å². The number of hydrogen-bond acceptors (Lipinski definition) is 3. The van der Waals surface area contributed by atoms with Gasteiger partial charge < -0.3 is 10.2 Å². The maximum Gasteiger partial charge on any atom is 0.255 e. The van der Waals surface area contributed by atoms with Crippen LogP contribution in [0.4, 0.5) is 0 Å². The Labute approximate surface area is 125 Å². The van der Waals surface area contributed by atoms with E-state index in [4.69, 9.17) is 11.6 Å². The van der Waals surface area contributed by atoms with Crippen LogP contribution in [0.2, 0.25) is 5.02 Å². The van der Waals surface area contributed by atoms with E-state index in [-0.39, 0.29) is 11.9 Å². The first-order chi connectivity index (χ1) is 9.59. The van der Waals surface area contributed by atoms with Crippen LogP contribution in [0.25, 0.3) is 0 Å². The van der Waals surface area contributed by atoms with Gasteiger partial charge in [0.1, 0.15) is 0 Å². The highest BCUT2D eigenvalue weighted by Gasteiger charge is 2.25. The van der Waals surface area contributed by atoms with Gasteiger partial charge in [-0.1, -0.05) is 11.6 Å². The van der Waals surface area contributed by atoms with Crippen molar-refractivity contribution < 1.29 is 4.79 Å². The van der Waals surface area contributed by atoms with Crippen LogP contribution in [0, 0.1) is 5.92 Å². The molecule has 0 radical (unpaired) electrons. The monoisotopic (exact) mass is 295 g/mol. The molecule has 0 aromatic carbocycles. The van der Waals surface area contributed by atoms with Crippen molar-refractivity contribution in [2.24, 2.45) is 5.92 Å². The number of hydrogen-bond donors (Lipinski definition) is 1.